The Hall–Kier alpha value is -1.35. The van der Waals surface area contributed by atoms with Crippen molar-refractivity contribution < 1.29 is 13.9 Å². The third-order valence-electron chi connectivity index (χ3n) is 3.17. The zero-order valence-electron chi connectivity index (χ0n) is 10.7. The Bertz CT molecular complexity index is 504. The van der Waals surface area contributed by atoms with Crippen LogP contribution in [0.2, 0.25) is 0 Å². The smallest absolute Gasteiger partial charge is 0.170 e. The van der Waals surface area contributed by atoms with Gasteiger partial charge in [-0.15, -0.1) is 0 Å². The van der Waals surface area contributed by atoms with Crippen LogP contribution in [0.15, 0.2) is 28.7 Å². The van der Waals surface area contributed by atoms with Crippen molar-refractivity contribution >= 4 is 11.0 Å². The van der Waals surface area contributed by atoms with Gasteiger partial charge in [-0.2, -0.15) is 0 Å². The molecule has 2 rings (SSSR count). The number of fused-ring (bicyclic) bond motifs is 1. The molecule has 3 heteroatoms. The highest BCUT2D eigenvalue weighted by Crippen LogP contribution is 2.28. The van der Waals surface area contributed by atoms with Crippen molar-refractivity contribution in [1.29, 1.82) is 0 Å². The second-order valence-corrected chi connectivity index (χ2v) is 4.67. The molecule has 1 aromatic carbocycles. The number of hydrogen-bond acceptors (Lipinski definition) is 2. The summed E-state index contributed by atoms with van der Waals surface area (Å²) in [4.78, 5) is 0. The highest BCUT2D eigenvalue weighted by Gasteiger charge is 2.14. The van der Waals surface area contributed by atoms with E-state index in [1.807, 2.05) is 0 Å². The SMILES string of the molecule is CCCCCCC(O)c1cc2cccc(F)c2o1. The molecule has 0 saturated carbocycles. The maximum atomic E-state index is 13.4. The Morgan fingerprint density at radius 3 is 2.83 bits per heavy atom. The predicted octanol–water partition coefficient (Wildman–Crippen LogP) is 4.58. The Morgan fingerprint density at radius 2 is 2.11 bits per heavy atom. The number of aliphatic hydroxyl groups excluding tert-OH is 1. The summed E-state index contributed by atoms with van der Waals surface area (Å²) in [5.74, 6) is 0.0866. The number of rotatable bonds is 6. The Labute approximate surface area is 106 Å². The molecule has 0 spiro atoms. The van der Waals surface area contributed by atoms with Gasteiger partial charge in [-0.25, -0.2) is 4.39 Å². The number of benzene rings is 1. The lowest BCUT2D eigenvalue weighted by atomic mass is 10.1. The van der Waals surface area contributed by atoms with Crippen molar-refractivity contribution in [2.75, 3.05) is 0 Å². The number of para-hydroxylation sites is 1. The lowest BCUT2D eigenvalue weighted by Gasteiger charge is -2.06. The third-order valence-corrected chi connectivity index (χ3v) is 3.17. The molecule has 1 N–H and O–H groups in total. The van der Waals surface area contributed by atoms with Crippen LogP contribution >= 0.6 is 0 Å². The van der Waals surface area contributed by atoms with Gasteiger partial charge < -0.3 is 9.52 Å². The summed E-state index contributed by atoms with van der Waals surface area (Å²) in [6, 6.07) is 6.52. The highest BCUT2D eigenvalue weighted by molar-refractivity contribution is 5.78. The first-order valence-corrected chi connectivity index (χ1v) is 6.58. The van der Waals surface area contributed by atoms with E-state index in [2.05, 4.69) is 6.92 Å². The molecule has 0 fully saturated rings. The average molecular weight is 250 g/mol. The second kappa shape index (κ2) is 6.01. The maximum Gasteiger partial charge on any atom is 0.170 e. The van der Waals surface area contributed by atoms with Gasteiger partial charge in [-0.05, 0) is 18.6 Å². The summed E-state index contributed by atoms with van der Waals surface area (Å²) < 4.78 is 18.8. The zero-order valence-corrected chi connectivity index (χ0v) is 10.7. The molecule has 0 radical (unpaired) electrons. The number of furan rings is 1. The fourth-order valence-corrected chi connectivity index (χ4v) is 2.12. The van der Waals surface area contributed by atoms with Gasteiger partial charge >= 0.3 is 0 Å². The van der Waals surface area contributed by atoms with Crippen LogP contribution in [0.3, 0.4) is 0 Å². The first-order valence-electron chi connectivity index (χ1n) is 6.58. The van der Waals surface area contributed by atoms with Crippen LogP contribution in [-0.2, 0) is 0 Å². The summed E-state index contributed by atoms with van der Waals surface area (Å²) in [6.45, 7) is 2.15. The molecule has 18 heavy (non-hydrogen) atoms. The summed E-state index contributed by atoms with van der Waals surface area (Å²) in [5, 5.41) is 10.7. The molecule has 1 heterocycles. The molecule has 98 valence electrons. The van der Waals surface area contributed by atoms with E-state index in [9.17, 15) is 9.50 Å². The first kappa shape index (κ1) is 13.1. The molecule has 1 aromatic heterocycles. The van der Waals surface area contributed by atoms with E-state index in [1.54, 1.807) is 18.2 Å². The van der Waals surface area contributed by atoms with Crippen LogP contribution in [0.4, 0.5) is 4.39 Å². The molecule has 0 aliphatic rings. The van der Waals surface area contributed by atoms with Gasteiger partial charge in [-0.3, -0.25) is 0 Å². The van der Waals surface area contributed by atoms with Crippen molar-refractivity contribution in [3.05, 3.63) is 35.8 Å². The molecular formula is C15H19FO2. The van der Waals surface area contributed by atoms with Gasteiger partial charge in [0.1, 0.15) is 11.9 Å². The van der Waals surface area contributed by atoms with Crippen molar-refractivity contribution in [2.45, 2.75) is 45.1 Å². The van der Waals surface area contributed by atoms with Gasteiger partial charge in [0.25, 0.3) is 0 Å². The number of unbranched alkanes of at least 4 members (excludes halogenated alkanes) is 3. The minimum absolute atomic E-state index is 0.236. The maximum absolute atomic E-state index is 13.4. The van der Waals surface area contributed by atoms with E-state index in [1.165, 1.54) is 18.9 Å². The van der Waals surface area contributed by atoms with Gasteiger partial charge in [0.2, 0.25) is 0 Å². The lowest BCUT2D eigenvalue weighted by molar-refractivity contribution is 0.138. The number of hydrogen-bond donors (Lipinski definition) is 1. The largest absolute Gasteiger partial charge is 0.455 e. The van der Waals surface area contributed by atoms with Crippen LogP contribution in [0, 0.1) is 5.82 Å². The second-order valence-electron chi connectivity index (χ2n) is 4.67. The molecule has 2 nitrogen and oxygen atoms in total. The number of aliphatic hydroxyl groups is 1. The standard InChI is InChI=1S/C15H19FO2/c1-2-3-4-5-9-13(17)14-10-11-7-6-8-12(16)15(11)18-14/h6-8,10,13,17H,2-5,9H2,1H3. The third kappa shape index (κ3) is 2.91. The minimum atomic E-state index is -0.631. The molecule has 0 saturated heterocycles. The monoisotopic (exact) mass is 250 g/mol. The van der Waals surface area contributed by atoms with Crippen LogP contribution < -0.4 is 0 Å². The molecule has 1 unspecified atom stereocenters. The van der Waals surface area contributed by atoms with Crippen molar-refractivity contribution in [3.63, 3.8) is 0 Å². The predicted molar refractivity (Wildman–Crippen MR) is 69.9 cm³/mol. The molecule has 0 amide bonds. The van der Waals surface area contributed by atoms with E-state index in [4.69, 9.17) is 4.42 Å². The van der Waals surface area contributed by atoms with Crippen molar-refractivity contribution in [2.24, 2.45) is 0 Å². The Balaban J connectivity index is 2.04. The van der Waals surface area contributed by atoms with E-state index >= 15 is 0 Å². The van der Waals surface area contributed by atoms with E-state index < -0.39 is 6.10 Å². The van der Waals surface area contributed by atoms with Crippen LogP contribution in [0.1, 0.15) is 50.9 Å². The summed E-state index contributed by atoms with van der Waals surface area (Å²) >= 11 is 0. The quantitative estimate of drug-likeness (QED) is 0.761. The van der Waals surface area contributed by atoms with Crippen molar-refractivity contribution in [1.82, 2.24) is 0 Å². The fraction of sp³-hybridized carbons (Fsp3) is 0.467. The first-order chi connectivity index (χ1) is 8.72. The molecular weight excluding hydrogens is 231 g/mol. The van der Waals surface area contributed by atoms with E-state index in [0.717, 1.165) is 12.8 Å². The number of halogens is 1. The topological polar surface area (TPSA) is 33.4 Å². The summed E-state index contributed by atoms with van der Waals surface area (Å²) in [7, 11) is 0. The van der Waals surface area contributed by atoms with Crippen molar-refractivity contribution in [3.8, 4) is 0 Å². The average Bonchev–Trinajstić information content (AvgIpc) is 2.80. The summed E-state index contributed by atoms with van der Waals surface area (Å²) in [5.41, 5.74) is 0.236. The van der Waals surface area contributed by atoms with Crippen LogP contribution in [0.25, 0.3) is 11.0 Å². The van der Waals surface area contributed by atoms with Crippen LogP contribution in [0.5, 0.6) is 0 Å². The molecule has 2 aromatic rings. The summed E-state index contributed by atoms with van der Waals surface area (Å²) in [6.07, 6.45) is 4.47. The van der Waals surface area contributed by atoms with E-state index in [0.29, 0.717) is 17.6 Å². The molecule has 0 aliphatic carbocycles. The Morgan fingerprint density at radius 1 is 1.28 bits per heavy atom. The highest BCUT2D eigenvalue weighted by atomic mass is 19.1. The Kier molecular flexibility index (Phi) is 4.37. The molecule has 0 aliphatic heterocycles. The molecule has 1 atom stereocenters. The zero-order chi connectivity index (χ0) is 13.0. The molecule has 0 bridgehead atoms. The van der Waals surface area contributed by atoms with Crippen LogP contribution in [-0.4, -0.2) is 5.11 Å². The van der Waals surface area contributed by atoms with Gasteiger partial charge in [0.15, 0.2) is 11.4 Å². The van der Waals surface area contributed by atoms with Gasteiger partial charge in [0.05, 0.1) is 0 Å². The fourth-order valence-electron chi connectivity index (χ4n) is 2.12. The lowest BCUT2D eigenvalue weighted by Crippen LogP contribution is -1.95. The van der Waals surface area contributed by atoms with Gasteiger partial charge in [0, 0.05) is 5.39 Å². The van der Waals surface area contributed by atoms with E-state index in [-0.39, 0.29) is 11.4 Å². The minimum Gasteiger partial charge on any atom is -0.455 e. The normalized spacial score (nSPS) is 13.1. The van der Waals surface area contributed by atoms with Gasteiger partial charge in [-0.1, -0.05) is 44.7 Å².